The Labute approximate surface area is 204 Å². The molecule has 34 heavy (non-hydrogen) atoms. The second kappa shape index (κ2) is 10.4. The van der Waals surface area contributed by atoms with Crippen LogP contribution in [-0.2, 0) is 4.79 Å². The molecule has 1 aromatic carbocycles. The van der Waals surface area contributed by atoms with Gasteiger partial charge in [-0.2, -0.15) is 5.10 Å². The van der Waals surface area contributed by atoms with E-state index in [0.717, 1.165) is 65.2 Å². The Hall–Kier alpha value is -3.11. The zero-order valence-corrected chi connectivity index (χ0v) is 21.2. The van der Waals surface area contributed by atoms with E-state index in [1.165, 1.54) is 18.7 Å². The highest BCUT2D eigenvalue weighted by atomic mass is 32.2. The number of aromatic nitrogens is 4. The number of nitrogens with zero attached hydrogens (tertiary/aromatic N) is 5. The van der Waals surface area contributed by atoms with Gasteiger partial charge in [-0.25, -0.2) is 9.97 Å². The number of carbonyl (C=O) groups is 1. The van der Waals surface area contributed by atoms with Gasteiger partial charge in [0, 0.05) is 54.0 Å². The maximum atomic E-state index is 11.3. The summed E-state index contributed by atoms with van der Waals surface area (Å²) in [7, 11) is 4.30. The van der Waals surface area contributed by atoms with Crippen molar-refractivity contribution in [2.75, 3.05) is 42.7 Å². The van der Waals surface area contributed by atoms with Gasteiger partial charge >= 0.3 is 0 Å². The maximum Gasteiger partial charge on any atom is 0.221 e. The molecule has 0 radical (unpaired) electrons. The molecule has 1 aliphatic rings. The smallest absolute Gasteiger partial charge is 0.221 e. The van der Waals surface area contributed by atoms with Gasteiger partial charge in [0.05, 0.1) is 0 Å². The molecule has 3 heterocycles. The summed E-state index contributed by atoms with van der Waals surface area (Å²) in [6, 6.07) is 10.3. The fourth-order valence-corrected chi connectivity index (χ4v) is 4.82. The Morgan fingerprint density at radius 3 is 2.44 bits per heavy atom. The average molecular weight is 481 g/mol. The summed E-state index contributed by atoms with van der Waals surface area (Å²) in [6.45, 7) is 7.44. The first-order valence-electron chi connectivity index (χ1n) is 11.4. The molecule has 1 aliphatic heterocycles. The molecule has 10 heteroatoms. The van der Waals surface area contributed by atoms with Gasteiger partial charge in [-0.3, -0.25) is 9.89 Å². The molecule has 0 atom stereocenters. The van der Waals surface area contributed by atoms with Crippen LogP contribution >= 0.6 is 11.8 Å². The molecule has 1 saturated heterocycles. The number of H-pyrrole nitrogens is 1. The Bertz CT molecular complexity index is 1140. The fourth-order valence-electron chi connectivity index (χ4n) is 4.07. The normalized spacial score (nSPS) is 14.5. The monoisotopic (exact) mass is 480 g/mol. The van der Waals surface area contributed by atoms with Crippen LogP contribution in [0, 0.1) is 13.8 Å². The Balaban J connectivity index is 1.61. The van der Waals surface area contributed by atoms with Gasteiger partial charge in [0.15, 0.2) is 11.0 Å². The van der Waals surface area contributed by atoms with Crippen molar-refractivity contribution in [3.05, 3.63) is 41.6 Å². The van der Waals surface area contributed by atoms with Crippen molar-refractivity contribution in [3.8, 4) is 0 Å². The standard InChI is InChI=1S/C24H32N8OS/c1-15-14-21(30-29-15)26-22-16(2)23(32-12-10-19(11-13-32)31(4)5)28-24(27-22)34-20-8-6-18(7-9-20)25-17(3)33/h6-9,14,19H,10-13H2,1-5H3,(H,25,33)(H2,26,27,28,29,30). The zero-order valence-electron chi connectivity index (χ0n) is 20.3. The predicted octanol–water partition coefficient (Wildman–Crippen LogP) is 4.20. The minimum absolute atomic E-state index is 0.0886. The highest BCUT2D eigenvalue weighted by molar-refractivity contribution is 7.99. The number of anilines is 4. The summed E-state index contributed by atoms with van der Waals surface area (Å²) in [5.41, 5.74) is 2.76. The highest BCUT2D eigenvalue weighted by Crippen LogP contribution is 2.34. The van der Waals surface area contributed by atoms with Crippen LogP contribution in [0.15, 0.2) is 40.4 Å². The van der Waals surface area contributed by atoms with Gasteiger partial charge in [0.25, 0.3) is 0 Å². The summed E-state index contributed by atoms with van der Waals surface area (Å²) in [6.07, 6.45) is 2.20. The minimum atomic E-state index is -0.0886. The van der Waals surface area contributed by atoms with Crippen molar-refractivity contribution in [2.24, 2.45) is 0 Å². The Morgan fingerprint density at radius 2 is 1.85 bits per heavy atom. The van der Waals surface area contributed by atoms with Crippen LogP contribution in [0.4, 0.5) is 23.1 Å². The third kappa shape index (κ3) is 5.87. The van der Waals surface area contributed by atoms with Crippen molar-refractivity contribution in [2.45, 2.75) is 49.7 Å². The summed E-state index contributed by atoms with van der Waals surface area (Å²) in [4.78, 5) is 26.8. The quantitative estimate of drug-likeness (QED) is 0.433. The summed E-state index contributed by atoms with van der Waals surface area (Å²) >= 11 is 1.50. The van der Waals surface area contributed by atoms with Crippen LogP contribution in [0.2, 0.25) is 0 Å². The summed E-state index contributed by atoms with van der Waals surface area (Å²) < 4.78 is 0. The highest BCUT2D eigenvalue weighted by Gasteiger charge is 2.24. The first-order chi connectivity index (χ1) is 16.3. The van der Waals surface area contributed by atoms with Crippen LogP contribution in [0.25, 0.3) is 0 Å². The summed E-state index contributed by atoms with van der Waals surface area (Å²) in [5.74, 6) is 2.35. The van der Waals surface area contributed by atoms with Gasteiger partial charge < -0.3 is 20.4 Å². The number of piperidine rings is 1. The van der Waals surface area contributed by atoms with Gasteiger partial charge in [0.1, 0.15) is 11.6 Å². The van der Waals surface area contributed by atoms with Crippen molar-refractivity contribution >= 4 is 40.8 Å². The first kappa shape index (κ1) is 24.0. The van der Waals surface area contributed by atoms with Gasteiger partial charge in [-0.05, 0) is 76.8 Å². The molecule has 0 unspecified atom stereocenters. The van der Waals surface area contributed by atoms with Gasteiger partial charge in [-0.15, -0.1) is 0 Å². The molecule has 4 rings (SSSR count). The molecule has 0 saturated carbocycles. The van der Waals surface area contributed by atoms with Crippen molar-refractivity contribution < 1.29 is 4.79 Å². The molecule has 1 fully saturated rings. The van der Waals surface area contributed by atoms with Gasteiger partial charge in [0.2, 0.25) is 5.91 Å². The Morgan fingerprint density at radius 1 is 1.15 bits per heavy atom. The fraction of sp³-hybridized carbons (Fsp3) is 0.417. The average Bonchev–Trinajstić information content (AvgIpc) is 3.21. The number of rotatable bonds is 7. The second-order valence-electron chi connectivity index (χ2n) is 8.85. The number of hydrogen-bond donors (Lipinski definition) is 3. The van der Waals surface area contributed by atoms with Crippen LogP contribution in [-0.4, -0.2) is 64.2 Å². The molecule has 0 aliphatic carbocycles. The van der Waals surface area contributed by atoms with E-state index in [1.807, 2.05) is 37.3 Å². The van der Waals surface area contributed by atoms with E-state index in [0.29, 0.717) is 11.2 Å². The van der Waals surface area contributed by atoms with E-state index in [-0.39, 0.29) is 5.91 Å². The van der Waals surface area contributed by atoms with Gasteiger partial charge in [-0.1, -0.05) is 0 Å². The van der Waals surface area contributed by atoms with Crippen LogP contribution in [0.1, 0.15) is 31.0 Å². The SMILES string of the molecule is CC(=O)Nc1ccc(Sc2nc(Nc3cc(C)[nH]n3)c(C)c(N3CCC(N(C)C)CC3)n2)cc1. The molecule has 9 nitrogen and oxygen atoms in total. The van der Waals surface area contributed by atoms with Crippen molar-refractivity contribution in [1.29, 1.82) is 0 Å². The van der Waals surface area contributed by atoms with E-state index in [9.17, 15) is 4.79 Å². The van der Waals surface area contributed by atoms with Crippen molar-refractivity contribution in [1.82, 2.24) is 25.1 Å². The van der Waals surface area contributed by atoms with E-state index >= 15 is 0 Å². The topological polar surface area (TPSA) is 102 Å². The molecule has 0 bridgehead atoms. The van der Waals surface area contributed by atoms with E-state index in [4.69, 9.17) is 9.97 Å². The lowest BCUT2D eigenvalue weighted by molar-refractivity contribution is -0.114. The third-order valence-corrected chi connectivity index (χ3v) is 6.80. The lowest BCUT2D eigenvalue weighted by Gasteiger charge is -2.36. The molecule has 0 spiro atoms. The number of aromatic amines is 1. The molecule has 2 aromatic heterocycles. The van der Waals surface area contributed by atoms with E-state index in [1.54, 1.807) is 0 Å². The zero-order chi connectivity index (χ0) is 24.2. The van der Waals surface area contributed by atoms with Crippen LogP contribution < -0.4 is 15.5 Å². The van der Waals surface area contributed by atoms with Crippen LogP contribution in [0.5, 0.6) is 0 Å². The second-order valence-corrected chi connectivity index (χ2v) is 9.89. The largest absolute Gasteiger partial charge is 0.356 e. The number of aryl methyl sites for hydroxylation is 1. The third-order valence-electron chi connectivity index (χ3n) is 5.93. The number of carbonyl (C=O) groups excluding carboxylic acids is 1. The minimum Gasteiger partial charge on any atom is -0.356 e. The van der Waals surface area contributed by atoms with Crippen molar-refractivity contribution in [3.63, 3.8) is 0 Å². The Kier molecular flexibility index (Phi) is 7.38. The molecule has 180 valence electrons. The molecule has 1 amide bonds. The van der Waals surface area contributed by atoms with E-state index < -0.39 is 0 Å². The number of nitrogens with one attached hydrogen (secondary N) is 3. The van der Waals surface area contributed by atoms with E-state index in [2.05, 4.69) is 51.6 Å². The number of benzene rings is 1. The number of hydrogen-bond acceptors (Lipinski definition) is 8. The lowest BCUT2D eigenvalue weighted by atomic mass is 10.0. The molecular formula is C24H32N8OS. The molecule has 3 N–H and O–H groups in total. The first-order valence-corrected chi connectivity index (χ1v) is 12.2. The number of amides is 1. The van der Waals surface area contributed by atoms with Crippen LogP contribution in [0.3, 0.4) is 0 Å². The molecule has 3 aromatic rings. The maximum absolute atomic E-state index is 11.3. The lowest BCUT2D eigenvalue weighted by Crippen LogP contribution is -2.42. The molecular weight excluding hydrogens is 448 g/mol. The predicted molar refractivity (Wildman–Crippen MR) is 137 cm³/mol. The summed E-state index contributed by atoms with van der Waals surface area (Å²) in [5, 5.41) is 14.1.